The summed E-state index contributed by atoms with van der Waals surface area (Å²) in [5, 5.41) is 14.0. The molecule has 1 N–H and O–H groups in total. The number of halogens is 1. The van der Waals surface area contributed by atoms with Gasteiger partial charge in [0.2, 0.25) is 5.91 Å². The Morgan fingerprint density at radius 1 is 1.56 bits per heavy atom. The number of nitrogens with one attached hydrogen (secondary N) is 1. The number of amides is 1. The second-order valence-electron chi connectivity index (χ2n) is 3.85. The summed E-state index contributed by atoms with van der Waals surface area (Å²) in [5.41, 5.74) is 0.951. The molecule has 0 radical (unpaired) electrons. The van der Waals surface area contributed by atoms with Gasteiger partial charge in [-0.15, -0.1) is 5.10 Å². The van der Waals surface area contributed by atoms with Gasteiger partial charge in [-0.1, -0.05) is 23.7 Å². The lowest BCUT2D eigenvalue weighted by Crippen LogP contribution is -2.30. The molecule has 2 aromatic rings. The van der Waals surface area contributed by atoms with E-state index < -0.39 is 0 Å². The van der Waals surface area contributed by atoms with Crippen molar-refractivity contribution in [1.82, 2.24) is 25.5 Å². The molecule has 1 aromatic carbocycles. The van der Waals surface area contributed by atoms with Gasteiger partial charge in [0.05, 0.1) is 6.04 Å². The van der Waals surface area contributed by atoms with Gasteiger partial charge >= 0.3 is 0 Å². The molecule has 0 aliphatic carbocycles. The Kier molecular flexibility index (Phi) is 3.88. The van der Waals surface area contributed by atoms with Crippen molar-refractivity contribution in [1.29, 1.82) is 0 Å². The summed E-state index contributed by atoms with van der Waals surface area (Å²) < 4.78 is 1.36. The fourth-order valence-electron chi connectivity index (χ4n) is 1.55. The van der Waals surface area contributed by atoms with Crippen LogP contribution in [0.4, 0.5) is 0 Å². The number of benzene rings is 1. The van der Waals surface area contributed by atoms with Gasteiger partial charge < -0.3 is 5.32 Å². The van der Waals surface area contributed by atoms with E-state index in [1.165, 1.54) is 11.0 Å². The summed E-state index contributed by atoms with van der Waals surface area (Å²) in [4.78, 5) is 11.7. The third-order valence-corrected chi connectivity index (χ3v) is 2.66. The first kappa shape index (κ1) is 12.5. The van der Waals surface area contributed by atoms with Crippen LogP contribution in [0.25, 0.3) is 0 Å². The number of tetrazole rings is 1. The first-order chi connectivity index (χ1) is 8.65. The van der Waals surface area contributed by atoms with Crippen LogP contribution >= 0.6 is 11.6 Å². The maximum atomic E-state index is 11.7. The van der Waals surface area contributed by atoms with Crippen LogP contribution in [-0.4, -0.2) is 26.1 Å². The Bertz CT molecular complexity index is 528. The van der Waals surface area contributed by atoms with Crippen LogP contribution in [0.5, 0.6) is 0 Å². The molecule has 0 bridgehead atoms. The van der Waals surface area contributed by atoms with Gasteiger partial charge in [-0.2, -0.15) is 0 Å². The third kappa shape index (κ3) is 3.27. The van der Waals surface area contributed by atoms with Crippen LogP contribution in [0.15, 0.2) is 30.6 Å². The molecule has 2 rings (SSSR count). The smallest absolute Gasteiger partial charge is 0.242 e. The summed E-state index contributed by atoms with van der Waals surface area (Å²) in [7, 11) is 0. The van der Waals surface area contributed by atoms with Crippen molar-refractivity contribution in [3.8, 4) is 0 Å². The molecule has 18 heavy (non-hydrogen) atoms. The molecular weight excluding hydrogens is 254 g/mol. The zero-order chi connectivity index (χ0) is 13.0. The molecule has 94 valence electrons. The third-order valence-electron chi connectivity index (χ3n) is 2.42. The normalized spacial score (nSPS) is 12.1. The molecule has 0 saturated heterocycles. The van der Waals surface area contributed by atoms with Gasteiger partial charge in [-0.25, -0.2) is 4.68 Å². The van der Waals surface area contributed by atoms with Crippen LogP contribution < -0.4 is 5.32 Å². The van der Waals surface area contributed by atoms with Crippen molar-refractivity contribution in [2.45, 2.75) is 19.5 Å². The average molecular weight is 266 g/mol. The fraction of sp³-hybridized carbons (Fsp3) is 0.273. The van der Waals surface area contributed by atoms with Crippen LogP contribution in [0.2, 0.25) is 5.02 Å². The van der Waals surface area contributed by atoms with Crippen LogP contribution in [0, 0.1) is 0 Å². The lowest BCUT2D eigenvalue weighted by Gasteiger charge is -2.14. The lowest BCUT2D eigenvalue weighted by atomic mass is 10.1. The highest BCUT2D eigenvalue weighted by Crippen LogP contribution is 2.17. The number of aromatic nitrogens is 4. The monoisotopic (exact) mass is 265 g/mol. The van der Waals surface area contributed by atoms with Gasteiger partial charge in [-0.05, 0) is 35.0 Å². The minimum absolute atomic E-state index is 0.0951. The van der Waals surface area contributed by atoms with Crippen molar-refractivity contribution in [2.24, 2.45) is 0 Å². The molecule has 6 nitrogen and oxygen atoms in total. The molecule has 1 amide bonds. The molecule has 1 atom stereocenters. The van der Waals surface area contributed by atoms with Gasteiger partial charge in [0, 0.05) is 5.02 Å². The highest BCUT2D eigenvalue weighted by atomic mass is 35.5. The Morgan fingerprint density at radius 2 is 2.39 bits per heavy atom. The van der Waals surface area contributed by atoms with Gasteiger partial charge in [0.15, 0.2) is 0 Å². The highest BCUT2D eigenvalue weighted by Gasteiger charge is 2.10. The minimum atomic E-state index is -0.158. The molecule has 0 fully saturated rings. The number of carbonyl (C=O) groups is 1. The SMILES string of the molecule is CC(NC(=O)Cn1cnnn1)c1cccc(Cl)c1. The molecule has 1 heterocycles. The van der Waals surface area contributed by atoms with E-state index in [1.807, 2.05) is 25.1 Å². The first-order valence-electron chi connectivity index (χ1n) is 5.41. The highest BCUT2D eigenvalue weighted by molar-refractivity contribution is 6.30. The Morgan fingerprint density at radius 3 is 3.06 bits per heavy atom. The van der Waals surface area contributed by atoms with Crippen LogP contribution in [0.3, 0.4) is 0 Å². The Labute approximate surface area is 109 Å². The number of hydrogen-bond acceptors (Lipinski definition) is 4. The number of rotatable bonds is 4. The summed E-state index contributed by atoms with van der Waals surface area (Å²) in [6.07, 6.45) is 1.39. The largest absolute Gasteiger partial charge is 0.348 e. The summed E-state index contributed by atoms with van der Waals surface area (Å²) in [5.74, 6) is -0.158. The molecule has 1 aromatic heterocycles. The zero-order valence-electron chi connectivity index (χ0n) is 9.75. The van der Waals surface area contributed by atoms with Crippen molar-refractivity contribution in [3.63, 3.8) is 0 Å². The maximum absolute atomic E-state index is 11.7. The molecule has 0 spiro atoms. The van der Waals surface area contributed by atoms with E-state index in [4.69, 9.17) is 11.6 Å². The second-order valence-corrected chi connectivity index (χ2v) is 4.29. The van der Waals surface area contributed by atoms with E-state index in [9.17, 15) is 4.79 Å². The molecule has 7 heteroatoms. The lowest BCUT2D eigenvalue weighted by molar-refractivity contribution is -0.122. The van der Waals surface area contributed by atoms with E-state index in [0.717, 1.165) is 5.56 Å². The summed E-state index contributed by atoms with van der Waals surface area (Å²) in [6, 6.07) is 7.26. The van der Waals surface area contributed by atoms with E-state index in [0.29, 0.717) is 5.02 Å². The van der Waals surface area contributed by atoms with Crippen molar-refractivity contribution in [3.05, 3.63) is 41.2 Å². The van der Waals surface area contributed by atoms with E-state index in [1.54, 1.807) is 6.07 Å². The van der Waals surface area contributed by atoms with E-state index in [-0.39, 0.29) is 18.5 Å². The van der Waals surface area contributed by atoms with Crippen molar-refractivity contribution in [2.75, 3.05) is 0 Å². The fourth-order valence-corrected chi connectivity index (χ4v) is 1.74. The van der Waals surface area contributed by atoms with E-state index >= 15 is 0 Å². The number of hydrogen-bond donors (Lipinski definition) is 1. The molecule has 0 aliphatic heterocycles. The van der Waals surface area contributed by atoms with Gasteiger partial charge in [-0.3, -0.25) is 4.79 Å². The van der Waals surface area contributed by atoms with Gasteiger partial charge in [0.1, 0.15) is 12.9 Å². The predicted molar refractivity (Wildman–Crippen MR) is 65.8 cm³/mol. The summed E-state index contributed by atoms with van der Waals surface area (Å²) >= 11 is 5.90. The number of nitrogens with zero attached hydrogens (tertiary/aromatic N) is 4. The minimum Gasteiger partial charge on any atom is -0.348 e. The summed E-state index contributed by atoms with van der Waals surface area (Å²) in [6.45, 7) is 1.99. The maximum Gasteiger partial charge on any atom is 0.242 e. The Hall–Kier alpha value is -1.95. The first-order valence-corrected chi connectivity index (χ1v) is 5.78. The standard InChI is InChI=1S/C11H12ClN5O/c1-8(9-3-2-4-10(12)5-9)14-11(18)6-17-7-13-15-16-17/h2-5,7-8H,6H2,1H3,(H,14,18). The quantitative estimate of drug-likeness (QED) is 0.902. The zero-order valence-corrected chi connectivity index (χ0v) is 10.5. The predicted octanol–water partition coefficient (Wildman–Crippen LogP) is 1.20. The number of carbonyl (C=O) groups excluding carboxylic acids is 1. The van der Waals surface area contributed by atoms with Gasteiger partial charge in [0.25, 0.3) is 0 Å². The van der Waals surface area contributed by atoms with Crippen molar-refractivity contribution >= 4 is 17.5 Å². The van der Waals surface area contributed by atoms with Crippen LogP contribution in [0.1, 0.15) is 18.5 Å². The van der Waals surface area contributed by atoms with Crippen molar-refractivity contribution < 1.29 is 4.79 Å². The molecule has 0 saturated carbocycles. The average Bonchev–Trinajstić information content (AvgIpc) is 2.81. The second kappa shape index (κ2) is 5.59. The topological polar surface area (TPSA) is 72.7 Å². The Balaban J connectivity index is 1.95. The molecular formula is C11H12ClN5O. The molecule has 0 aliphatic rings. The van der Waals surface area contributed by atoms with E-state index in [2.05, 4.69) is 20.8 Å². The van der Waals surface area contributed by atoms with Crippen LogP contribution in [-0.2, 0) is 11.3 Å². The molecule has 1 unspecified atom stereocenters.